The highest BCUT2D eigenvalue weighted by molar-refractivity contribution is 7.23. The van der Waals surface area contributed by atoms with Crippen LogP contribution in [0.25, 0.3) is 15.2 Å². The van der Waals surface area contributed by atoms with Crippen molar-refractivity contribution in [3.8, 4) is 0 Å². The van der Waals surface area contributed by atoms with Gasteiger partial charge in [-0.1, -0.05) is 47.2 Å². The van der Waals surface area contributed by atoms with Gasteiger partial charge in [-0.15, -0.1) is 0 Å². The maximum Gasteiger partial charge on any atom is 0.282 e. The molecule has 0 fully saturated rings. The van der Waals surface area contributed by atoms with E-state index in [0.717, 1.165) is 10.2 Å². The Morgan fingerprint density at radius 1 is 1.12 bits per heavy atom. The number of fused-ring (bicyclic) bond motifs is 3. The lowest BCUT2D eigenvalue weighted by Gasteiger charge is -2.06. The standard InChI is InChI=1S/C17H10ClN3O2S/c18-11-6-2-1-5-10(11)15(22)20-12-9-19-17-21(16(12)23)13-7-3-4-8-14(13)24-17/h1-9H,(H,20,22). The summed E-state index contributed by atoms with van der Waals surface area (Å²) in [5, 5.41) is 2.92. The van der Waals surface area contributed by atoms with Crippen molar-refractivity contribution in [2.75, 3.05) is 5.32 Å². The molecule has 7 heteroatoms. The van der Waals surface area contributed by atoms with Crippen LogP contribution >= 0.6 is 22.9 Å². The Kier molecular flexibility index (Phi) is 3.55. The Hall–Kier alpha value is -2.70. The highest BCUT2D eigenvalue weighted by Gasteiger charge is 2.15. The third-order valence-corrected chi connectivity index (χ3v) is 4.97. The molecule has 5 nitrogen and oxygen atoms in total. The third-order valence-electron chi connectivity index (χ3n) is 3.60. The van der Waals surface area contributed by atoms with Crippen LogP contribution in [0.1, 0.15) is 10.4 Å². The van der Waals surface area contributed by atoms with Crippen LogP contribution in [-0.4, -0.2) is 15.3 Å². The summed E-state index contributed by atoms with van der Waals surface area (Å²) >= 11 is 7.44. The van der Waals surface area contributed by atoms with E-state index in [0.29, 0.717) is 15.5 Å². The Labute approximate surface area is 145 Å². The zero-order valence-corrected chi connectivity index (χ0v) is 13.8. The number of thiazole rings is 1. The molecule has 4 aromatic rings. The van der Waals surface area contributed by atoms with Crippen LogP contribution in [0.4, 0.5) is 5.69 Å². The van der Waals surface area contributed by atoms with Crippen molar-refractivity contribution < 1.29 is 4.79 Å². The van der Waals surface area contributed by atoms with Gasteiger partial charge in [0.1, 0.15) is 5.69 Å². The van der Waals surface area contributed by atoms with E-state index >= 15 is 0 Å². The van der Waals surface area contributed by atoms with E-state index in [2.05, 4.69) is 10.3 Å². The fourth-order valence-corrected chi connectivity index (χ4v) is 3.68. The number of nitrogens with one attached hydrogen (secondary N) is 1. The van der Waals surface area contributed by atoms with Gasteiger partial charge in [-0.2, -0.15) is 0 Å². The number of hydrogen-bond donors (Lipinski definition) is 1. The van der Waals surface area contributed by atoms with Gasteiger partial charge in [0.15, 0.2) is 4.96 Å². The van der Waals surface area contributed by atoms with Gasteiger partial charge < -0.3 is 5.32 Å². The van der Waals surface area contributed by atoms with Gasteiger partial charge >= 0.3 is 0 Å². The number of anilines is 1. The van der Waals surface area contributed by atoms with Crippen LogP contribution < -0.4 is 10.9 Å². The van der Waals surface area contributed by atoms with E-state index in [1.165, 1.54) is 21.9 Å². The Bertz CT molecular complexity index is 1150. The van der Waals surface area contributed by atoms with E-state index < -0.39 is 5.91 Å². The second kappa shape index (κ2) is 5.74. The monoisotopic (exact) mass is 355 g/mol. The summed E-state index contributed by atoms with van der Waals surface area (Å²) in [6.45, 7) is 0. The van der Waals surface area contributed by atoms with Gasteiger partial charge in [0.2, 0.25) is 0 Å². The maximum absolute atomic E-state index is 12.7. The molecule has 24 heavy (non-hydrogen) atoms. The van der Waals surface area contributed by atoms with Crippen molar-refractivity contribution in [1.29, 1.82) is 0 Å². The van der Waals surface area contributed by atoms with Gasteiger partial charge in [-0.05, 0) is 24.3 Å². The molecule has 0 bridgehead atoms. The second-order valence-corrected chi connectivity index (χ2v) is 6.52. The zero-order chi connectivity index (χ0) is 16.7. The van der Waals surface area contributed by atoms with Crippen LogP contribution in [0.5, 0.6) is 0 Å². The van der Waals surface area contributed by atoms with Crippen LogP contribution in [0, 0.1) is 0 Å². The summed E-state index contributed by atoms with van der Waals surface area (Å²) in [5.74, 6) is -0.445. The Morgan fingerprint density at radius 3 is 2.71 bits per heavy atom. The van der Waals surface area contributed by atoms with Crippen LogP contribution in [-0.2, 0) is 0 Å². The smallest absolute Gasteiger partial charge is 0.282 e. The van der Waals surface area contributed by atoms with Crippen molar-refractivity contribution in [1.82, 2.24) is 9.38 Å². The number of carbonyl (C=O) groups excluding carboxylic acids is 1. The quantitative estimate of drug-likeness (QED) is 0.594. The first-order valence-electron chi connectivity index (χ1n) is 7.10. The molecule has 0 unspecified atom stereocenters. The van der Waals surface area contributed by atoms with Crippen LogP contribution in [0.15, 0.2) is 59.5 Å². The summed E-state index contributed by atoms with van der Waals surface area (Å²) in [4.78, 5) is 30.0. The predicted octanol–water partition coefficient (Wildman–Crippen LogP) is 3.81. The van der Waals surface area contributed by atoms with E-state index in [1.54, 1.807) is 24.3 Å². The molecule has 0 saturated carbocycles. The van der Waals surface area contributed by atoms with E-state index in [1.807, 2.05) is 24.3 Å². The first-order chi connectivity index (χ1) is 11.6. The fraction of sp³-hybridized carbons (Fsp3) is 0. The minimum absolute atomic E-state index is 0.112. The minimum atomic E-state index is -0.445. The molecule has 1 N–H and O–H groups in total. The summed E-state index contributed by atoms with van der Waals surface area (Å²) < 4.78 is 2.46. The third kappa shape index (κ3) is 2.36. The molecule has 4 rings (SSSR count). The number of para-hydroxylation sites is 1. The first kappa shape index (κ1) is 14.9. The molecule has 0 aliphatic heterocycles. The average Bonchev–Trinajstić information content (AvgIpc) is 2.97. The van der Waals surface area contributed by atoms with E-state index in [4.69, 9.17) is 11.6 Å². The molecule has 1 amide bonds. The van der Waals surface area contributed by atoms with Crippen molar-refractivity contribution in [2.24, 2.45) is 0 Å². The molecular formula is C17H10ClN3O2S. The normalized spacial score (nSPS) is 11.0. The summed E-state index contributed by atoms with van der Waals surface area (Å²) in [5.41, 5.74) is 0.863. The van der Waals surface area contributed by atoms with E-state index in [-0.39, 0.29) is 11.2 Å². The van der Waals surface area contributed by atoms with E-state index in [9.17, 15) is 9.59 Å². The fourth-order valence-electron chi connectivity index (χ4n) is 2.47. The summed E-state index contributed by atoms with van der Waals surface area (Å²) in [6.07, 6.45) is 1.38. The Balaban J connectivity index is 1.82. The molecule has 0 aliphatic rings. The summed E-state index contributed by atoms with van der Waals surface area (Å²) in [6, 6.07) is 14.2. The molecular weight excluding hydrogens is 346 g/mol. The number of nitrogens with zero attached hydrogens (tertiary/aromatic N) is 2. The largest absolute Gasteiger partial charge is 0.316 e. The minimum Gasteiger partial charge on any atom is -0.316 e. The van der Waals surface area contributed by atoms with Gasteiger partial charge in [0.05, 0.1) is 27.0 Å². The average molecular weight is 356 g/mol. The van der Waals surface area contributed by atoms with Crippen LogP contribution in [0.2, 0.25) is 5.02 Å². The first-order valence-corrected chi connectivity index (χ1v) is 8.30. The number of benzene rings is 2. The molecule has 2 aromatic carbocycles. The lowest BCUT2D eigenvalue weighted by Crippen LogP contribution is -2.22. The number of rotatable bonds is 2. The van der Waals surface area contributed by atoms with Crippen LogP contribution in [0.3, 0.4) is 0 Å². The molecule has 118 valence electrons. The molecule has 0 atom stereocenters. The Morgan fingerprint density at radius 2 is 1.88 bits per heavy atom. The molecule has 0 saturated heterocycles. The topological polar surface area (TPSA) is 63.5 Å². The number of aromatic nitrogens is 2. The molecule has 0 aliphatic carbocycles. The van der Waals surface area contributed by atoms with Crippen molar-refractivity contribution >= 4 is 49.7 Å². The lowest BCUT2D eigenvalue weighted by atomic mass is 10.2. The number of amides is 1. The maximum atomic E-state index is 12.7. The number of halogens is 1. The molecule has 2 aromatic heterocycles. The highest BCUT2D eigenvalue weighted by atomic mass is 35.5. The lowest BCUT2D eigenvalue weighted by molar-refractivity contribution is 0.102. The SMILES string of the molecule is O=C(Nc1cnc2sc3ccccc3n2c1=O)c1ccccc1Cl. The van der Waals surface area contributed by atoms with Gasteiger partial charge in [-0.25, -0.2) is 9.38 Å². The van der Waals surface area contributed by atoms with Crippen molar-refractivity contribution in [2.45, 2.75) is 0 Å². The van der Waals surface area contributed by atoms with Gasteiger partial charge in [0, 0.05) is 0 Å². The van der Waals surface area contributed by atoms with Gasteiger partial charge in [0.25, 0.3) is 11.5 Å². The number of carbonyl (C=O) groups is 1. The van der Waals surface area contributed by atoms with Gasteiger partial charge in [-0.3, -0.25) is 9.59 Å². The second-order valence-electron chi connectivity index (χ2n) is 5.10. The number of hydrogen-bond acceptors (Lipinski definition) is 4. The van der Waals surface area contributed by atoms with Crippen molar-refractivity contribution in [3.05, 3.63) is 75.7 Å². The predicted molar refractivity (Wildman–Crippen MR) is 96.3 cm³/mol. The molecule has 0 radical (unpaired) electrons. The van der Waals surface area contributed by atoms with Crippen molar-refractivity contribution in [3.63, 3.8) is 0 Å². The molecule has 2 heterocycles. The zero-order valence-electron chi connectivity index (χ0n) is 12.2. The summed E-state index contributed by atoms with van der Waals surface area (Å²) in [7, 11) is 0. The molecule has 0 spiro atoms. The highest BCUT2D eigenvalue weighted by Crippen LogP contribution is 2.24.